The Bertz CT molecular complexity index is 86.2. The van der Waals surface area contributed by atoms with Crippen molar-refractivity contribution in [2.45, 2.75) is 13.8 Å². The fourth-order valence-corrected chi connectivity index (χ4v) is 0.707. The Labute approximate surface area is 44.5 Å². The van der Waals surface area contributed by atoms with E-state index in [1.54, 1.807) is 0 Å². The Morgan fingerprint density at radius 1 is 1.57 bits per heavy atom. The summed E-state index contributed by atoms with van der Waals surface area (Å²) in [4.78, 5) is 4.12. The molecule has 2 atom stereocenters. The number of hydrogen-bond acceptors (Lipinski definition) is 1. The number of aliphatic imine (C=N–C) groups is 1. The molecular formula is C6H11N. The van der Waals surface area contributed by atoms with Crippen LogP contribution >= 0.6 is 0 Å². The van der Waals surface area contributed by atoms with E-state index >= 15 is 0 Å². The normalized spacial score (nSPS) is 39.7. The molecule has 1 rings (SSSR count). The van der Waals surface area contributed by atoms with E-state index in [0.29, 0.717) is 0 Å². The second-order valence-corrected chi connectivity index (χ2v) is 2.35. The van der Waals surface area contributed by atoms with Gasteiger partial charge in [0.05, 0.1) is 0 Å². The maximum absolute atomic E-state index is 4.12. The molecule has 1 aliphatic heterocycles. The smallest absolute Gasteiger partial charge is 0.0417 e. The topological polar surface area (TPSA) is 12.4 Å². The van der Waals surface area contributed by atoms with Crippen LogP contribution in [0.15, 0.2) is 4.99 Å². The Morgan fingerprint density at radius 3 is 2.43 bits per heavy atom. The summed E-state index contributed by atoms with van der Waals surface area (Å²) in [6.07, 6.45) is 2.05. The van der Waals surface area contributed by atoms with Gasteiger partial charge >= 0.3 is 0 Å². The first-order valence-electron chi connectivity index (χ1n) is 2.80. The van der Waals surface area contributed by atoms with Crippen LogP contribution in [0.4, 0.5) is 0 Å². The molecule has 0 aromatic rings. The molecule has 0 saturated heterocycles. The number of nitrogens with zero attached hydrogens (tertiary/aromatic N) is 1. The van der Waals surface area contributed by atoms with Gasteiger partial charge in [0.1, 0.15) is 0 Å². The molecule has 0 unspecified atom stereocenters. The van der Waals surface area contributed by atoms with E-state index in [0.717, 1.165) is 18.4 Å². The molecule has 0 fully saturated rings. The van der Waals surface area contributed by atoms with E-state index in [9.17, 15) is 0 Å². The predicted molar refractivity (Wildman–Crippen MR) is 31.7 cm³/mol. The second-order valence-electron chi connectivity index (χ2n) is 2.35. The van der Waals surface area contributed by atoms with Gasteiger partial charge in [-0.25, -0.2) is 0 Å². The van der Waals surface area contributed by atoms with Crippen LogP contribution in [0.3, 0.4) is 0 Å². The van der Waals surface area contributed by atoms with E-state index in [2.05, 4.69) is 18.8 Å². The maximum atomic E-state index is 4.12. The van der Waals surface area contributed by atoms with Crippen LogP contribution in [0.5, 0.6) is 0 Å². The molecule has 40 valence electrons. The van der Waals surface area contributed by atoms with E-state index in [1.165, 1.54) is 0 Å². The highest BCUT2D eigenvalue weighted by atomic mass is 14.8. The Morgan fingerprint density at radius 2 is 2.29 bits per heavy atom. The summed E-state index contributed by atoms with van der Waals surface area (Å²) in [5, 5.41) is 0. The van der Waals surface area contributed by atoms with Crippen molar-refractivity contribution in [3.63, 3.8) is 0 Å². The Kier molecular flexibility index (Phi) is 1.13. The standard InChI is InChI=1S/C6H11N/c1-5-3-7-4-6(5)2/h3,5-6H,4H2,1-2H3/t5-,6+/m0/s1. The van der Waals surface area contributed by atoms with Gasteiger partial charge in [0.15, 0.2) is 0 Å². The van der Waals surface area contributed by atoms with Crippen molar-refractivity contribution in [1.82, 2.24) is 0 Å². The average molecular weight is 97.2 g/mol. The number of hydrogen-bond donors (Lipinski definition) is 0. The molecule has 0 radical (unpaired) electrons. The van der Waals surface area contributed by atoms with Gasteiger partial charge < -0.3 is 0 Å². The fraction of sp³-hybridized carbons (Fsp3) is 0.833. The molecule has 0 spiro atoms. The zero-order valence-corrected chi connectivity index (χ0v) is 4.89. The van der Waals surface area contributed by atoms with Crippen molar-refractivity contribution in [2.75, 3.05) is 6.54 Å². The zero-order chi connectivity index (χ0) is 5.28. The Hall–Kier alpha value is -0.330. The average Bonchev–Trinajstić information content (AvgIpc) is 1.91. The summed E-state index contributed by atoms with van der Waals surface area (Å²) in [5.41, 5.74) is 0. The lowest BCUT2D eigenvalue weighted by Crippen LogP contribution is -2.03. The zero-order valence-electron chi connectivity index (χ0n) is 4.89. The summed E-state index contributed by atoms with van der Waals surface area (Å²) in [7, 11) is 0. The first-order chi connectivity index (χ1) is 3.30. The molecule has 0 N–H and O–H groups in total. The van der Waals surface area contributed by atoms with Crippen molar-refractivity contribution in [1.29, 1.82) is 0 Å². The van der Waals surface area contributed by atoms with Crippen LogP contribution < -0.4 is 0 Å². The summed E-state index contributed by atoms with van der Waals surface area (Å²) >= 11 is 0. The molecule has 0 saturated carbocycles. The molecular weight excluding hydrogens is 86.1 g/mol. The fourth-order valence-electron chi connectivity index (χ4n) is 0.707. The molecule has 0 aliphatic carbocycles. The van der Waals surface area contributed by atoms with Crippen molar-refractivity contribution < 1.29 is 0 Å². The summed E-state index contributed by atoms with van der Waals surface area (Å²) in [6, 6.07) is 0. The first kappa shape index (κ1) is 4.82. The van der Waals surface area contributed by atoms with Crippen LogP contribution in [0.2, 0.25) is 0 Å². The minimum absolute atomic E-state index is 0.722. The van der Waals surface area contributed by atoms with Crippen molar-refractivity contribution in [3.05, 3.63) is 0 Å². The van der Waals surface area contributed by atoms with Crippen LogP contribution in [0, 0.1) is 11.8 Å². The van der Waals surface area contributed by atoms with Gasteiger partial charge in [0.2, 0.25) is 0 Å². The number of rotatable bonds is 0. The van der Waals surface area contributed by atoms with Gasteiger partial charge in [-0.05, 0) is 11.8 Å². The lowest BCUT2D eigenvalue weighted by atomic mass is 10.0. The highest BCUT2D eigenvalue weighted by molar-refractivity contribution is 5.62. The van der Waals surface area contributed by atoms with Crippen molar-refractivity contribution >= 4 is 6.21 Å². The largest absolute Gasteiger partial charge is 0.297 e. The van der Waals surface area contributed by atoms with Crippen LogP contribution in [-0.2, 0) is 0 Å². The van der Waals surface area contributed by atoms with Gasteiger partial charge in [-0.1, -0.05) is 13.8 Å². The van der Waals surface area contributed by atoms with Crippen molar-refractivity contribution in [2.24, 2.45) is 16.8 Å². The van der Waals surface area contributed by atoms with Gasteiger partial charge in [0, 0.05) is 12.8 Å². The summed E-state index contributed by atoms with van der Waals surface area (Å²) in [5.74, 6) is 1.51. The molecule has 7 heavy (non-hydrogen) atoms. The monoisotopic (exact) mass is 97.1 g/mol. The third-order valence-electron chi connectivity index (χ3n) is 1.63. The minimum Gasteiger partial charge on any atom is -0.297 e. The first-order valence-corrected chi connectivity index (χ1v) is 2.80. The predicted octanol–water partition coefficient (Wildman–Crippen LogP) is 1.34. The van der Waals surface area contributed by atoms with Gasteiger partial charge in [-0.15, -0.1) is 0 Å². The highest BCUT2D eigenvalue weighted by Crippen LogP contribution is 2.13. The molecule has 1 heterocycles. The van der Waals surface area contributed by atoms with Gasteiger partial charge in [-0.3, -0.25) is 4.99 Å². The highest BCUT2D eigenvalue weighted by Gasteiger charge is 2.12. The van der Waals surface area contributed by atoms with Gasteiger partial charge in [0.25, 0.3) is 0 Å². The molecule has 0 aromatic carbocycles. The summed E-state index contributed by atoms with van der Waals surface area (Å²) in [6.45, 7) is 5.49. The molecule has 1 heteroatoms. The second kappa shape index (κ2) is 1.65. The minimum atomic E-state index is 0.722. The third kappa shape index (κ3) is 0.817. The molecule has 0 aromatic heterocycles. The van der Waals surface area contributed by atoms with Crippen LogP contribution in [0.1, 0.15) is 13.8 Å². The summed E-state index contributed by atoms with van der Waals surface area (Å²) < 4.78 is 0. The SMILES string of the molecule is C[C@@H]1CN=C[C@@H]1C. The van der Waals surface area contributed by atoms with Gasteiger partial charge in [-0.2, -0.15) is 0 Å². The van der Waals surface area contributed by atoms with Crippen LogP contribution in [0.25, 0.3) is 0 Å². The maximum Gasteiger partial charge on any atom is 0.0417 e. The van der Waals surface area contributed by atoms with E-state index < -0.39 is 0 Å². The molecule has 0 bridgehead atoms. The van der Waals surface area contributed by atoms with E-state index in [-0.39, 0.29) is 0 Å². The van der Waals surface area contributed by atoms with Crippen molar-refractivity contribution in [3.8, 4) is 0 Å². The lowest BCUT2D eigenvalue weighted by Gasteiger charge is -2.02. The van der Waals surface area contributed by atoms with E-state index in [1.807, 2.05) is 6.21 Å². The molecule has 1 aliphatic rings. The molecule has 0 amide bonds. The van der Waals surface area contributed by atoms with Crippen LogP contribution in [-0.4, -0.2) is 12.8 Å². The lowest BCUT2D eigenvalue weighted by molar-refractivity contribution is 0.538. The van der Waals surface area contributed by atoms with E-state index in [4.69, 9.17) is 0 Å². The Balaban J connectivity index is 2.45. The third-order valence-corrected chi connectivity index (χ3v) is 1.63. The quantitative estimate of drug-likeness (QED) is 0.432. The molecule has 1 nitrogen and oxygen atoms in total.